The smallest absolute Gasteiger partial charge is 0.349 e. The predicted molar refractivity (Wildman–Crippen MR) is 40.8 cm³/mol. The molecular weight excluding hydrogens is 178 g/mol. The molecule has 0 aliphatic heterocycles. The Labute approximate surface area is 72.3 Å². The van der Waals surface area contributed by atoms with Gasteiger partial charge in [-0.3, -0.25) is 0 Å². The molecule has 7 heteroatoms. The predicted octanol–water partition coefficient (Wildman–Crippen LogP) is 1.18. The number of benzene rings is 1. The zero-order valence-corrected chi connectivity index (χ0v) is 6.32. The van der Waals surface area contributed by atoms with E-state index in [4.69, 9.17) is 5.11 Å². The second-order valence-electron chi connectivity index (χ2n) is 2.12. The van der Waals surface area contributed by atoms with Crippen molar-refractivity contribution in [3.8, 4) is 5.75 Å². The molecule has 7 nitrogen and oxygen atoms in total. The van der Waals surface area contributed by atoms with Gasteiger partial charge >= 0.3 is 5.22 Å². The molecule has 13 heavy (non-hydrogen) atoms. The maximum atomic E-state index is 10.8. The van der Waals surface area contributed by atoms with Crippen LogP contribution >= 0.6 is 0 Å². The minimum absolute atomic E-state index is 0.0190. The van der Waals surface area contributed by atoms with Crippen molar-refractivity contribution in [2.45, 2.75) is 0 Å². The molecule has 68 valence electrons. The van der Waals surface area contributed by atoms with Gasteiger partial charge in [-0.05, 0) is 12.1 Å². The summed E-state index contributed by atoms with van der Waals surface area (Å²) < 4.78 is 0. The van der Waals surface area contributed by atoms with Gasteiger partial charge in [0, 0.05) is 17.0 Å². The van der Waals surface area contributed by atoms with Crippen LogP contribution in [0.1, 0.15) is 0 Å². The van der Waals surface area contributed by atoms with E-state index >= 15 is 0 Å². The Hall–Kier alpha value is -2.18. The van der Waals surface area contributed by atoms with E-state index in [1.165, 1.54) is 24.3 Å². The zero-order chi connectivity index (χ0) is 9.84. The molecule has 0 heterocycles. The summed E-state index contributed by atoms with van der Waals surface area (Å²) in [6.07, 6.45) is 0. The molecule has 0 unspecified atom stereocenters. The van der Waals surface area contributed by atoms with Gasteiger partial charge in [-0.2, -0.15) is 0 Å². The SMILES string of the molecule is O=[N+]([O-])/N=[N+](\[O-])c1ccc(O)cc1. The number of nitrogens with zero attached hydrogens (tertiary/aromatic N) is 3. The van der Waals surface area contributed by atoms with Gasteiger partial charge < -0.3 is 10.3 Å². The molecule has 0 saturated heterocycles. The van der Waals surface area contributed by atoms with Crippen LogP contribution in [0.4, 0.5) is 5.69 Å². The highest BCUT2D eigenvalue weighted by molar-refractivity contribution is 5.34. The number of hydrogen-bond acceptors (Lipinski definition) is 4. The molecule has 0 aromatic heterocycles. The normalized spacial score (nSPS) is 11.2. The lowest BCUT2D eigenvalue weighted by Gasteiger charge is -1.94. The monoisotopic (exact) mass is 183 g/mol. The highest BCUT2D eigenvalue weighted by Gasteiger charge is 2.07. The van der Waals surface area contributed by atoms with Crippen LogP contribution in [-0.2, 0) is 0 Å². The molecule has 0 aliphatic carbocycles. The summed E-state index contributed by atoms with van der Waals surface area (Å²) in [5.41, 5.74) is -0.0190. The number of aromatic hydroxyl groups is 1. The fourth-order valence-corrected chi connectivity index (χ4v) is 0.698. The van der Waals surface area contributed by atoms with Gasteiger partial charge in [0.15, 0.2) is 0 Å². The first-order valence-corrected chi connectivity index (χ1v) is 3.22. The second kappa shape index (κ2) is 3.48. The first-order chi connectivity index (χ1) is 6.09. The maximum absolute atomic E-state index is 10.8. The van der Waals surface area contributed by atoms with Crippen molar-refractivity contribution < 1.29 is 15.0 Å². The van der Waals surface area contributed by atoms with Gasteiger partial charge in [0.2, 0.25) is 0 Å². The van der Waals surface area contributed by atoms with Gasteiger partial charge in [-0.25, -0.2) is 10.1 Å². The highest BCUT2D eigenvalue weighted by atomic mass is 16.7. The van der Waals surface area contributed by atoms with Crippen LogP contribution in [0.5, 0.6) is 5.75 Å². The van der Waals surface area contributed by atoms with Gasteiger partial charge in [0.25, 0.3) is 10.7 Å². The number of phenolic OH excluding ortho intramolecular Hbond substituents is 1. The van der Waals surface area contributed by atoms with E-state index in [0.29, 0.717) is 0 Å². The highest BCUT2D eigenvalue weighted by Crippen LogP contribution is 2.16. The van der Waals surface area contributed by atoms with Crippen LogP contribution in [0.3, 0.4) is 0 Å². The summed E-state index contributed by atoms with van der Waals surface area (Å²) >= 11 is 0. The molecular formula is C6H5N3O4. The van der Waals surface area contributed by atoms with Gasteiger partial charge in [0.1, 0.15) is 5.75 Å². The van der Waals surface area contributed by atoms with Crippen molar-refractivity contribution in [1.82, 2.24) is 0 Å². The summed E-state index contributed by atoms with van der Waals surface area (Å²) in [5.74, 6) is -0.0294. The average Bonchev–Trinajstić information content (AvgIpc) is 2.04. The third kappa shape index (κ3) is 2.40. The lowest BCUT2D eigenvalue weighted by atomic mass is 10.3. The van der Waals surface area contributed by atoms with Crippen LogP contribution in [-0.4, -0.2) is 15.0 Å². The van der Waals surface area contributed by atoms with Crippen molar-refractivity contribution in [2.75, 3.05) is 0 Å². The lowest BCUT2D eigenvalue weighted by Crippen LogP contribution is -1.96. The van der Waals surface area contributed by atoms with Crippen molar-refractivity contribution in [3.63, 3.8) is 0 Å². The Morgan fingerprint density at radius 1 is 1.23 bits per heavy atom. The fourth-order valence-electron chi connectivity index (χ4n) is 0.698. The molecule has 1 aromatic rings. The van der Waals surface area contributed by atoms with E-state index in [1.54, 1.807) is 0 Å². The summed E-state index contributed by atoms with van der Waals surface area (Å²) in [6.45, 7) is 0. The van der Waals surface area contributed by atoms with Gasteiger partial charge in [-0.15, -0.1) is 0 Å². The maximum Gasteiger partial charge on any atom is 0.349 e. The number of phenols is 1. The van der Waals surface area contributed by atoms with E-state index in [9.17, 15) is 15.3 Å². The van der Waals surface area contributed by atoms with E-state index in [-0.39, 0.29) is 16.3 Å². The fraction of sp³-hybridized carbons (Fsp3) is 0. The molecule has 1 N–H and O–H groups in total. The van der Waals surface area contributed by atoms with Crippen LogP contribution < -0.4 is 0 Å². The van der Waals surface area contributed by atoms with E-state index in [0.717, 1.165) is 0 Å². The molecule has 0 bridgehead atoms. The Morgan fingerprint density at radius 3 is 2.23 bits per heavy atom. The molecule has 0 spiro atoms. The second-order valence-corrected chi connectivity index (χ2v) is 2.12. The quantitative estimate of drug-likeness (QED) is 0.321. The first-order valence-electron chi connectivity index (χ1n) is 3.22. The van der Waals surface area contributed by atoms with E-state index < -0.39 is 5.03 Å². The van der Waals surface area contributed by atoms with Crippen LogP contribution in [0.25, 0.3) is 0 Å². The van der Waals surface area contributed by atoms with Gasteiger partial charge in [-0.1, -0.05) is 0 Å². The molecule has 0 saturated carbocycles. The lowest BCUT2D eigenvalue weighted by molar-refractivity contribution is -0.642. The zero-order valence-electron chi connectivity index (χ0n) is 6.32. The Balaban J connectivity index is 2.96. The molecule has 0 atom stereocenters. The minimum atomic E-state index is -1.10. The minimum Gasteiger partial charge on any atom is -0.590 e. The summed E-state index contributed by atoms with van der Waals surface area (Å²) in [7, 11) is 0. The Morgan fingerprint density at radius 2 is 1.77 bits per heavy atom. The van der Waals surface area contributed by atoms with Crippen molar-refractivity contribution >= 4 is 5.69 Å². The van der Waals surface area contributed by atoms with E-state index in [2.05, 4.69) is 5.22 Å². The van der Waals surface area contributed by atoms with Crippen molar-refractivity contribution in [2.24, 2.45) is 5.22 Å². The largest absolute Gasteiger partial charge is 0.590 e. The third-order valence-electron chi connectivity index (χ3n) is 1.22. The number of hydrogen-bond donors (Lipinski definition) is 1. The molecule has 0 aliphatic rings. The first kappa shape index (κ1) is 8.91. The Bertz CT molecular complexity index is 345. The standard InChI is InChI=1S/C6H5N3O4/c10-6-3-1-5(2-4-6)8(11)7-9(12)13/h1-4,10H/b8-7-. The Kier molecular flexibility index (Phi) is 2.38. The van der Waals surface area contributed by atoms with Crippen LogP contribution in [0.15, 0.2) is 29.5 Å². The van der Waals surface area contributed by atoms with Crippen LogP contribution in [0.2, 0.25) is 0 Å². The molecule has 0 radical (unpaired) electrons. The summed E-state index contributed by atoms with van der Waals surface area (Å²) in [5, 5.41) is 30.8. The molecule has 0 fully saturated rings. The topological polar surface area (TPSA) is 102 Å². The number of rotatable bonds is 2. The van der Waals surface area contributed by atoms with Crippen LogP contribution in [0, 0.1) is 15.3 Å². The van der Waals surface area contributed by atoms with Gasteiger partial charge in [0.05, 0.1) is 0 Å². The average molecular weight is 183 g/mol. The van der Waals surface area contributed by atoms with Crippen molar-refractivity contribution in [3.05, 3.63) is 39.6 Å². The third-order valence-corrected chi connectivity index (χ3v) is 1.22. The van der Waals surface area contributed by atoms with E-state index in [1.807, 2.05) is 0 Å². The van der Waals surface area contributed by atoms with Crippen molar-refractivity contribution in [1.29, 1.82) is 0 Å². The molecule has 1 rings (SSSR count). The molecule has 0 amide bonds. The summed E-state index contributed by atoms with van der Waals surface area (Å²) in [4.78, 5) is 9.66. The number of nitro groups is 1. The molecule has 1 aromatic carbocycles. The summed E-state index contributed by atoms with van der Waals surface area (Å²) in [6, 6.07) is 4.90.